The minimum atomic E-state index is -0.818. The van der Waals surface area contributed by atoms with Crippen LogP contribution in [0.3, 0.4) is 0 Å². The first-order valence-corrected chi connectivity index (χ1v) is 7.84. The Morgan fingerprint density at radius 2 is 2.13 bits per heavy atom. The number of aliphatic carboxylic acids is 1. The number of hydrogen-bond donors (Lipinski definition) is 1. The SMILES string of the molecule is CC(C)CN(CCC(=O)O)c1ccc2c(c1)N(C)C(=O)C(C)O2. The van der Waals surface area contributed by atoms with Crippen molar-refractivity contribution in [3.63, 3.8) is 0 Å². The van der Waals surface area contributed by atoms with Crippen LogP contribution in [-0.2, 0) is 9.59 Å². The summed E-state index contributed by atoms with van der Waals surface area (Å²) in [6.45, 7) is 7.09. The summed E-state index contributed by atoms with van der Waals surface area (Å²) in [5.74, 6) is 0.165. The summed E-state index contributed by atoms with van der Waals surface area (Å²) in [7, 11) is 1.73. The van der Waals surface area contributed by atoms with Crippen molar-refractivity contribution in [2.75, 3.05) is 29.9 Å². The molecule has 1 aromatic rings. The van der Waals surface area contributed by atoms with Crippen LogP contribution in [0, 0.1) is 5.92 Å². The first kappa shape index (κ1) is 17.1. The van der Waals surface area contributed by atoms with Crippen molar-refractivity contribution >= 4 is 23.3 Å². The minimum absolute atomic E-state index is 0.0755. The van der Waals surface area contributed by atoms with E-state index in [0.29, 0.717) is 18.2 Å². The highest BCUT2D eigenvalue weighted by atomic mass is 16.5. The molecular formula is C17H24N2O4. The summed E-state index contributed by atoms with van der Waals surface area (Å²) in [5.41, 5.74) is 1.62. The van der Waals surface area contributed by atoms with E-state index in [1.165, 1.54) is 0 Å². The second-order valence-corrected chi connectivity index (χ2v) is 6.29. The minimum Gasteiger partial charge on any atom is -0.481 e. The van der Waals surface area contributed by atoms with Gasteiger partial charge in [0.1, 0.15) is 5.75 Å². The van der Waals surface area contributed by atoms with Gasteiger partial charge in [0.2, 0.25) is 0 Å². The van der Waals surface area contributed by atoms with Gasteiger partial charge in [0, 0.05) is 25.8 Å². The summed E-state index contributed by atoms with van der Waals surface area (Å²) in [5, 5.41) is 8.94. The van der Waals surface area contributed by atoms with Crippen LogP contribution in [0.15, 0.2) is 18.2 Å². The lowest BCUT2D eigenvalue weighted by Gasteiger charge is -2.32. The first-order chi connectivity index (χ1) is 10.8. The maximum absolute atomic E-state index is 12.1. The third-order valence-electron chi connectivity index (χ3n) is 3.83. The average Bonchev–Trinajstić information content (AvgIpc) is 2.48. The lowest BCUT2D eigenvalue weighted by Crippen LogP contribution is -2.42. The van der Waals surface area contributed by atoms with E-state index in [1.807, 2.05) is 23.1 Å². The predicted octanol–water partition coefficient (Wildman–Crippen LogP) is 2.37. The van der Waals surface area contributed by atoms with Crippen molar-refractivity contribution in [1.29, 1.82) is 0 Å². The van der Waals surface area contributed by atoms with E-state index in [1.54, 1.807) is 18.9 Å². The second kappa shape index (κ2) is 6.89. The van der Waals surface area contributed by atoms with Crippen LogP contribution in [0.1, 0.15) is 27.2 Å². The van der Waals surface area contributed by atoms with Gasteiger partial charge in [0.25, 0.3) is 5.91 Å². The fourth-order valence-corrected chi connectivity index (χ4v) is 2.69. The molecule has 126 valence electrons. The Labute approximate surface area is 136 Å². The van der Waals surface area contributed by atoms with Crippen LogP contribution < -0.4 is 14.5 Å². The fourth-order valence-electron chi connectivity index (χ4n) is 2.69. The van der Waals surface area contributed by atoms with Gasteiger partial charge in [-0.15, -0.1) is 0 Å². The second-order valence-electron chi connectivity index (χ2n) is 6.29. The molecule has 1 heterocycles. The molecule has 1 amide bonds. The fraction of sp³-hybridized carbons (Fsp3) is 0.529. The molecule has 6 heteroatoms. The van der Waals surface area contributed by atoms with Crippen molar-refractivity contribution in [2.45, 2.75) is 33.3 Å². The van der Waals surface area contributed by atoms with E-state index < -0.39 is 12.1 Å². The van der Waals surface area contributed by atoms with Gasteiger partial charge in [-0.25, -0.2) is 0 Å². The lowest BCUT2D eigenvalue weighted by molar-refractivity contribution is -0.136. The van der Waals surface area contributed by atoms with E-state index >= 15 is 0 Å². The van der Waals surface area contributed by atoms with Gasteiger partial charge in [0.15, 0.2) is 6.10 Å². The molecule has 23 heavy (non-hydrogen) atoms. The topological polar surface area (TPSA) is 70.1 Å². The number of carboxylic acids is 1. The highest BCUT2D eigenvalue weighted by molar-refractivity contribution is 5.99. The maximum Gasteiger partial charge on any atom is 0.305 e. The zero-order valence-electron chi connectivity index (χ0n) is 14.1. The number of hydrogen-bond acceptors (Lipinski definition) is 4. The van der Waals surface area contributed by atoms with Crippen LogP contribution in [0.5, 0.6) is 5.75 Å². The highest BCUT2D eigenvalue weighted by Crippen LogP contribution is 2.36. The van der Waals surface area contributed by atoms with Gasteiger partial charge in [-0.2, -0.15) is 0 Å². The average molecular weight is 320 g/mol. The van der Waals surface area contributed by atoms with Crippen LogP contribution in [0.4, 0.5) is 11.4 Å². The number of likely N-dealkylation sites (N-methyl/N-ethyl adjacent to an activating group) is 1. The number of fused-ring (bicyclic) bond motifs is 1. The molecule has 0 bridgehead atoms. The van der Waals surface area contributed by atoms with Gasteiger partial charge >= 0.3 is 5.97 Å². The predicted molar refractivity (Wildman–Crippen MR) is 89.2 cm³/mol. The Morgan fingerprint density at radius 3 is 2.74 bits per heavy atom. The van der Waals surface area contributed by atoms with Crippen molar-refractivity contribution in [3.8, 4) is 5.75 Å². The van der Waals surface area contributed by atoms with Crippen molar-refractivity contribution < 1.29 is 19.4 Å². The van der Waals surface area contributed by atoms with Crippen LogP contribution in [0.2, 0.25) is 0 Å². The summed E-state index contributed by atoms with van der Waals surface area (Å²) in [6, 6.07) is 5.65. The van der Waals surface area contributed by atoms with Crippen molar-refractivity contribution in [1.82, 2.24) is 0 Å². The molecule has 1 aliphatic rings. The third-order valence-corrected chi connectivity index (χ3v) is 3.83. The molecule has 0 fully saturated rings. The smallest absolute Gasteiger partial charge is 0.305 e. The van der Waals surface area contributed by atoms with Crippen LogP contribution >= 0.6 is 0 Å². The molecule has 6 nitrogen and oxygen atoms in total. The molecule has 2 rings (SSSR count). The zero-order valence-corrected chi connectivity index (χ0v) is 14.1. The molecule has 1 aromatic carbocycles. The van der Waals surface area contributed by atoms with Gasteiger partial charge < -0.3 is 19.6 Å². The Kier molecular flexibility index (Phi) is 5.13. The quantitative estimate of drug-likeness (QED) is 0.871. The summed E-state index contributed by atoms with van der Waals surface area (Å²) >= 11 is 0. The monoisotopic (exact) mass is 320 g/mol. The van der Waals surface area contributed by atoms with E-state index in [9.17, 15) is 9.59 Å². The number of benzene rings is 1. The van der Waals surface area contributed by atoms with Crippen molar-refractivity contribution in [3.05, 3.63) is 18.2 Å². The number of amides is 1. The first-order valence-electron chi connectivity index (χ1n) is 7.84. The molecule has 1 atom stereocenters. The van der Waals surface area contributed by atoms with Gasteiger partial charge in [-0.05, 0) is 31.0 Å². The summed E-state index contributed by atoms with van der Waals surface area (Å²) in [4.78, 5) is 26.6. The molecule has 1 aliphatic heterocycles. The van der Waals surface area contributed by atoms with Gasteiger partial charge in [-0.3, -0.25) is 9.59 Å². The summed E-state index contributed by atoms with van der Waals surface area (Å²) < 4.78 is 5.62. The number of nitrogens with zero attached hydrogens (tertiary/aromatic N) is 2. The number of carbonyl (C=O) groups excluding carboxylic acids is 1. The number of carboxylic acid groups (broad SMARTS) is 1. The normalized spacial score (nSPS) is 17.0. The largest absolute Gasteiger partial charge is 0.481 e. The van der Waals surface area contributed by atoms with Gasteiger partial charge in [-0.1, -0.05) is 13.8 Å². The van der Waals surface area contributed by atoms with E-state index in [2.05, 4.69) is 13.8 Å². The number of anilines is 2. The Morgan fingerprint density at radius 1 is 1.43 bits per heavy atom. The van der Waals surface area contributed by atoms with E-state index in [-0.39, 0.29) is 12.3 Å². The number of rotatable bonds is 6. The van der Waals surface area contributed by atoms with E-state index in [0.717, 1.165) is 17.9 Å². The van der Waals surface area contributed by atoms with Gasteiger partial charge in [0.05, 0.1) is 12.1 Å². The number of ether oxygens (including phenoxy) is 1. The molecule has 0 saturated heterocycles. The molecular weight excluding hydrogens is 296 g/mol. The maximum atomic E-state index is 12.1. The molecule has 0 aliphatic carbocycles. The Hall–Kier alpha value is -2.24. The molecule has 0 aromatic heterocycles. The Bertz CT molecular complexity index is 600. The molecule has 0 saturated carbocycles. The molecule has 0 spiro atoms. The highest BCUT2D eigenvalue weighted by Gasteiger charge is 2.29. The molecule has 1 N–H and O–H groups in total. The standard InChI is InChI=1S/C17H24N2O4/c1-11(2)10-19(8-7-16(20)21)13-5-6-15-14(9-13)18(4)17(22)12(3)23-15/h5-6,9,11-12H,7-8,10H2,1-4H3,(H,20,21). The summed E-state index contributed by atoms with van der Waals surface area (Å²) in [6.07, 6.45) is -0.413. The molecule has 0 radical (unpaired) electrons. The number of carbonyl (C=O) groups is 2. The van der Waals surface area contributed by atoms with Crippen molar-refractivity contribution in [2.24, 2.45) is 5.92 Å². The van der Waals surface area contributed by atoms with Crippen LogP contribution in [-0.4, -0.2) is 43.2 Å². The third kappa shape index (κ3) is 3.94. The Balaban J connectivity index is 2.30. The zero-order chi connectivity index (χ0) is 17.1. The lowest BCUT2D eigenvalue weighted by atomic mass is 10.1. The van der Waals surface area contributed by atoms with E-state index in [4.69, 9.17) is 9.84 Å². The van der Waals surface area contributed by atoms with Crippen LogP contribution in [0.25, 0.3) is 0 Å². The molecule has 1 unspecified atom stereocenters.